The minimum atomic E-state index is 0. The molecule has 39 heavy (non-hydrogen) atoms. The molecule has 0 atom stereocenters. The first-order chi connectivity index (χ1) is 18.3. The van der Waals surface area contributed by atoms with Crippen LogP contribution in [0.1, 0.15) is 56.2 Å². The second-order valence-electron chi connectivity index (χ2n) is 10.5. The zero-order valence-electron chi connectivity index (χ0n) is 22.6. The van der Waals surface area contributed by atoms with Crippen molar-refractivity contribution in [2.24, 2.45) is 0 Å². The molecule has 0 fully saturated rings. The van der Waals surface area contributed by atoms with Crippen LogP contribution in [0, 0.1) is 13.0 Å². The fourth-order valence-electron chi connectivity index (χ4n) is 5.12. The molecule has 5 nitrogen and oxygen atoms in total. The van der Waals surface area contributed by atoms with E-state index < -0.39 is 0 Å². The van der Waals surface area contributed by atoms with Gasteiger partial charge in [0.1, 0.15) is 17.1 Å². The number of hydrogen-bond acceptors (Lipinski definition) is 4. The summed E-state index contributed by atoms with van der Waals surface area (Å²) in [5, 5.41) is 14.1. The van der Waals surface area contributed by atoms with E-state index in [4.69, 9.17) is 9.72 Å². The van der Waals surface area contributed by atoms with Crippen molar-refractivity contribution in [2.45, 2.75) is 46.5 Å². The number of fused-ring (bicyclic) bond motifs is 4. The van der Waals surface area contributed by atoms with Gasteiger partial charge >= 0.3 is 0 Å². The predicted molar refractivity (Wildman–Crippen MR) is 154 cm³/mol. The summed E-state index contributed by atoms with van der Waals surface area (Å²) >= 11 is 0. The van der Waals surface area contributed by atoms with Gasteiger partial charge in [-0.3, -0.25) is 0 Å². The van der Waals surface area contributed by atoms with E-state index in [1.165, 1.54) is 5.56 Å². The van der Waals surface area contributed by atoms with Gasteiger partial charge in [-0.25, -0.2) is 9.97 Å². The van der Waals surface area contributed by atoms with E-state index in [0.29, 0.717) is 17.1 Å². The molecule has 3 aromatic heterocycles. The number of phenols is 1. The number of hydrogen-bond donors (Lipinski definition) is 1. The van der Waals surface area contributed by atoms with Gasteiger partial charge in [0.05, 0.1) is 0 Å². The predicted octanol–water partition coefficient (Wildman–Crippen LogP) is 8.58. The standard InChI is InChI=1S/C33H30N3O2.Pt/c1-19(2)24-13-10-22-17-27(20(3)4)33(35-31(22)32(24)37)38-23-11-14-26-25-12-9-21(5)16-28(25)36(29(26)18-23)30-8-6-7-15-34-30;/h6-17,19-20,37H,1-5H3;/q-1;. The second kappa shape index (κ2) is 10.5. The Morgan fingerprint density at radius 1 is 0.872 bits per heavy atom. The van der Waals surface area contributed by atoms with Crippen molar-refractivity contribution in [1.82, 2.24) is 14.5 Å². The van der Waals surface area contributed by atoms with E-state index >= 15 is 0 Å². The Morgan fingerprint density at radius 3 is 2.36 bits per heavy atom. The van der Waals surface area contributed by atoms with Crippen molar-refractivity contribution < 1.29 is 30.9 Å². The van der Waals surface area contributed by atoms with Crippen LogP contribution in [0.2, 0.25) is 0 Å². The molecule has 6 rings (SSSR count). The summed E-state index contributed by atoms with van der Waals surface area (Å²) in [5.74, 6) is 2.44. The molecule has 0 bridgehead atoms. The molecule has 0 aliphatic carbocycles. The molecular formula is C33H30N3O2Pt-. The summed E-state index contributed by atoms with van der Waals surface area (Å²) in [6, 6.07) is 25.9. The van der Waals surface area contributed by atoms with Crippen LogP contribution in [0.4, 0.5) is 0 Å². The molecule has 0 saturated carbocycles. The van der Waals surface area contributed by atoms with E-state index in [-0.39, 0.29) is 38.7 Å². The van der Waals surface area contributed by atoms with E-state index in [1.54, 1.807) is 6.20 Å². The molecule has 3 aromatic carbocycles. The zero-order chi connectivity index (χ0) is 26.6. The van der Waals surface area contributed by atoms with Crippen molar-refractivity contribution in [1.29, 1.82) is 0 Å². The summed E-state index contributed by atoms with van der Waals surface area (Å²) in [5.41, 5.74) is 5.54. The van der Waals surface area contributed by atoms with Gasteiger partial charge in [-0.2, -0.15) is 6.07 Å². The van der Waals surface area contributed by atoms with Gasteiger partial charge in [-0.1, -0.05) is 63.5 Å². The van der Waals surface area contributed by atoms with Crippen LogP contribution < -0.4 is 4.74 Å². The summed E-state index contributed by atoms with van der Waals surface area (Å²) in [6.45, 7) is 10.5. The Kier molecular flexibility index (Phi) is 7.22. The first-order valence-corrected chi connectivity index (χ1v) is 13.0. The molecule has 0 amide bonds. The Labute approximate surface area is 242 Å². The number of aromatic hydroxyl groups is 1. The summed E-state index contributed by atoms with van der Waals surface area (Å²) in [6.07, 6.45) is 1.80. The first-order valence-electron chi connectivity index (χ1n) is 13.0. The maximum atomic E-state index is 11.0. The van der Waals surface area contributed by atoms with E-state index in [1.807, 2.05) is 36.4 Å². The molecule has 3 heterocycles. The SMILES string of the molecule is Cc1ccc2c3ccc(Oc4nc5c(O)c(C(C)C)ccc5cc4C(C)C)[c-]c3n(-c3ccccn3)c2c1.[Pt]. The number of benzene rings is 3. The van der Waals surface area contributed by atoms with Crippen LogP contribution in [0.15, 0.2) is 72.9 Å². The average molecular weight is 696 g/mol. The Bertz CT molecular complexity index is 1820. The zero-order valence-corrected chi connectivity index (χ0v) is 24.9. The Morgan fingerprint density at radius 2 is 1.64 bits per heavy atom. The van der Waals surface area contributed by atoms with Crippen LogP contribution in [-0.4, -0.2) is 19.6 Å². The van der Waals surface area contributed by atoms with Gasteiger partial charge < -0.3 is 14.4 Å². The molecule has 0 unspecified atom stereocenters. The fraction of sp³-hybridized carbons (Fsp3) is 0.212. The molecule has 0 aliphatic rings. The van der Waals surface area contributed by atoms with Gasteiger partial charge in [-0.15, -0.1) is 17.5 Å². The number of nitrogens with zero attached hydrogens (tertiary/aromatic N) is 3. The number of aryl methyl sites for hydroxylation is 1. The molecular weight excluding hydrogens is 665 g/mol. The molecule has 0 radical (unpaired) electrons. The first kappa shape index (κ1) is 26.9. The fourth-order valence-corrected chi connectivity index (χ4v) is 5.12. The number of rotatable bonds is 5. The maximum Gasteiger partial charge on any atom is 0.220 e. The molecule has 6 aromatic rings. The third-order valence-corrected chi connectivity index (χ3v) is 7.12. The van der Waals surface area contributed by atoms with Crippen molar-refractivity contribution in [3.8, 4) is 23.2 Å². The van der Waals surface area contributed by atoms with Crippen molar-refractivity contribution >= 4 is 32.7 Å². The third-order valence-electron chi connectivity index (χ3n) is 7.12. The Balaban J connectivity index is 0.00000308. The maximum absolute atomic E-state index is 11.0. The number of aromatic nitrogens is 3. The minimum Gasteiger partial charge on any atom is -0.505 e. The van der Waals surface area contributed by atoms with E-state index in [0.717, 1.165) is 44.1 Å². The molecule has 0 saturated heterocycles. The number of phenolic OH excluding ortho intramolecular Hbond substituents is 1. The molecule has 0 aliphatic heterocycles. The quantitative estimate of drug-likeness (QED) is 0.184. The third kappa shape index (κ3) is 4.70. The topological polar surface area (TPSA) is 60.2 Å². The molecule has 6 heteroatoms. The minimum absolute atomic E-state index is 0. The molecule has 0 spiro atoms. The normalized spacial score (nSPS) is 11.6. The van der Waals surface area contributed by atoms with E-state index in [2.05, 4.69) is 80.6 Å². The largest absolute Gasteiger partial charge is 0.505 e. The average Bonchev–Trinajstić information content (AvgIpc) is 3.21. The van der Waals surface area contributed by atoms with Crippen LogP contribution >= 0.6 is 0 Å². The van der Waals surface area contributed by atoms with Crippen molar-refractivity contribution in [3.63, 3.8) is 0 Å². The summed E-state index contributed by atoms with van der Waals surface area (Å²) < 4.78 is 8.57. The Hall–Kier alpha value is -3.69. The number of ether oxygens (including phenoxy) is 1. The summed E-state index contributed by atoms with van der Waals surface area (Å²) in [4.78, 5) is 9.47. The molecule has 1 N–H and O–H groups in total. The van der Waals surface area contributed by atoms with Crippen LogP contribution in [0.3, 0.4) is 0 Å². The van der Waals surface area contributed by atoms with Gasteiger partial charge in [0.2, 0.25) is 5.88 Å². The van der Waals surface area contributed by atoms with Gasteiger partial charge in [0, 0.05) is 49.5 Å². The van der Waals surface area contributed by atoms with Crippen LogP contribution in [0.25, 0.3) is 38.5 Å². The molecule has 200 valence electrons. The smallest absolute Gasteiger partial charge is 0.220 e. The van der Waals surface area contributed by atoms with Gasteiger partial charge in [-0.05, 0) is 59.5 Å². The second-order valence-corrected chi connectivity index (χ2v) is 10.5. The number of pyridine rings is 2. The van der Waals surface area contributed by atoms with Crippen molar-refractivity contribution in [2.75, 3.05) is 0 Å². The van der Waals surface area contributed by atoms with Crippen molar-refractivity contribution in [3.05, 3.63) is 95.7 Å². The van der Waals surface area contributed by atoms with Gasteiger partial charge in [0.25, 0.3) is 0 Å². The summed E-state index contributed by atoms with van der Waals surface area (Å²) in [7, 11) is 0. The van der Waals surface area contributed by atoms with E-state index in [9.17, 15) is 5.11 Å². The van der Waals surface area contributed by atoms with Gasteiger partial charge in [0.15, 0.2) is 0 Å². The monoisotopic (exact) mass is 695 g/mol. The van der Waals surface area contributed by atoms with Crippen LogP contribution in [-0.2, 0) is 21.1 Å². The van der Waals surface area contributed by atoms with Crippen LogP contribution in [0.5, 0.6) is 17.4 Å².